The summed E-state index contributed by atoms with van der Waals surface area (Å²) in [5, 5.41) is 1.76. The molecule has 1 rings (SSSR count). The zero-order valence-corrected chi connectivity index (χ0v) is 13.9. The summed E-state index contributed by atoms with van der Waals surface area (Å²) in [6.45, 7) is 14.3. The fourth-order valence-electron chi connectivity index (χ4n) is 2.17. The number of nitrogens with one attached hydrogen (secondary N) is 1. The summed E-state index contributed by atoms with van der Waals surface area (Å²) >= 11 is 0. The van der Waals surface area contributed by atoms with Crippen molar-refractivity contribution in [2.75, 3.05) is 0 Å². The van der Waals surface area contributed by atoms with Crippen molar-refractivity contribution in [3.8, 4) is 0 Å². The van der Waals surface area contributed by atoms with E-state index in [0.717, 1.165) is 11.1 Å². The van der Waals surface area contributed by atoms with Crippen LogP contribution in [0.5, 0.6) is 0 Å². The fraction of sp³-hybridized carbons (Fsp3) is 0.588. The van der Waals surface area contributed by atoms with Gasteiger partial charge >= 0.3 is 0 Å². The molecule has 3 heteroatoms. The number of carbonyl (C=O) groups excluding carboxylic acids is 1. The highest BCUT2D eigenvalue weighted by molar-refractivity contribution is 5.94. The van der Waals surface area contributed by atoms with Crippen molar-refractivity contribution in [3.63, 3.8) is 0 Å². The van der Waals surface area contributed by atoms with E-state index in [1.165, 1.54) is 5.57 Å². The van der Waals surface area contributed by atoms with Crippen LogP contribution in [0, 0.1) is 0 Å². The van der Waals surface area contributed by atoms with Gasteiger partial charge in [0.2, 0.25) is 0 Å². The van der Waals surface area contributed by atoms with Crippen LogP contribution in [0.15, 0.2) is 34.9 Å². The summed E-state index contributed by atoms with van der Waals surface area (Å²) < 4.78 is 0. The van der Waals surface area contributed by atoms with Crippen LogP contribution in [0.4, 0.5) is 0 Å². The van der Waals surface area contributed by atoms with Gasteiger partial charge in [0.05, 0.1) is 5.54 Å². The van der Waals surface area contributed by atoms with Crippen molar-refractivity contribution >= 4 is 5.91 Å². The average molecular weight is 276 g/mol. The van der Waals surface area contributed by atoms with Crippen LogP contribution < -0.4 is 5.43 Å². The molecule has 0 spiro atoms. The molecule has 1 aliphatic rings. The van der Waals surface area contributed by atoms with E-state index >= 15 is 0 Å². The van der Waals surface area contributed by atoms with E-state index in [1.54, 1.807) is 5.01 Å². The van der Waals surface area contributed by atoms with E-state index in [-0.39, 0.29) is 17.5 Å². The highest BCUT2D eigenvalue weighted by Gasteiger charge is 2.29. The van der Waals surface area contributed by atoms with E-state index in [0.29, 0.717) is 6.42 Å². The molecule has 20 heavy (non-hydrogen) atoms. The molecule has 0 unspecified atom stereocenters. The Morgan fingerprint density at radius 2 is 1.80 bits per heavy atom. The van der Waals surface area contributed by atoms with Gasteiger partial charge in [0.25, 0.3) is 5.91 Å². The molecule has 0 radical (unpaired) electrons. The highest BCUT2D eigenvalue weighted by Crippen LogP contribution is 2.21. The first-order valence-electron chi connectivity index (χ1n) is 7.27. The molecule has 3 nitrogen and oxygen atoms in total. The Bertz CT molecular complexity index is 462. The first-order chi connectivity index (χ1) is 9.11. The third kappa shape index (κ3) is 4.64. The zero-order valence-electron chi connectivity index (χ0n) is 13.9. The third-order valence-electron chi connectivity index (χ3n) is 3.04. The maximum atomic E-state index is 12.8. The van der Waals surface area contributed by atoms with Gasteiger partial charge in [-0.2, -0.15) is 0 Å². The number of amides is 1. The molecule has 0 bridgehead atoms. The highest BCUT2D eigenvalue weighted by atomic mass is 16.2. The SMILES string of the molecule is CC1=CCC(C(=O)N(NC(C)C)C(C)(C)C)=CC(C)=C1. The number of hydrogen-bond donors (Lipinski definition) is 1. The molecule has 1 aliphatic carbocycles. The molecule has 1 amide bonds. The third-order valence-corrected chi connectivity index (χ3v) is 3.04. The standard InChI is InChI=1S/C17H28N2O/c1-12(2)18-19(17(5,6)7)16(20)15-9-8-13(3)10-14(4)11-15/h8,10-12,18H,9H2,1-7H3. The molecule has 0 fully saturated rings. The van der Waals surface area contributed by atoms with Gasteiger partial charge in [-0.25, -0.2) is 5.43 Å². The number of hydrogen-bond acceptors (Lipinski definition) is 2. The molecule has 0 aromatic carbocycles. The number of rotatable bonds is 3. The van der Waals surface area contributed by atoms with Gasteiger partial charge in [0, 0.05) is 11.6 Å². The zero-order chi connectivity index (χ0) is 15.5. The molecule has 0 saturated carbocycles. The van der Waals surface area contributed by atoms with Crippen LogP contribution in [-0.4, -0.2) is 22.5 Å². The molecule has 0 atom stereocenters. The lowest BCUT2D eigenvalue weighted by atomic mass is 10.0. The van der Waals surface area contributed by atoms with Crippen molar-refractivity contribution in [2.45, 2.75) is 66.5 Å². The minimum absolute atomic E-state index is 0.0601. The van der Waals surface area contributed by atoms with Crippen LogP contribution in [0.1, 0.15) is 54.9 Å². The van der Waals surface area contributed by atoms with Crippen molar-refractivity contribution in [1.29, 1.82) is 0 Å². The van der Waals surface area contributed by atoms with Crippen LogP contribution in [0.2, 0.25) is 0 Å². The molecule has 1 N–H and O–H groups in total. The molecule has 0 saturated heterocycles. The molecule has 0 aromatic rings. The molecule has 0 aromatic heterocycles. The van der Waals surface area contributed by atoms with Gasteiger partial charge in [0.15, 0.2) is 0 Å². The summed E-state index contributed by atoms with van der Waals surface area (Å²) in [5.74, 6) is 0.0601. The van der Waals surface area contributed by atoms with Gasteiger partial charge in [-0.15, -0.1) is 0 Å². The largest absolute Gasteiger partial charge is 0.269 e. The van der Waals surface area contributed by atoms with Crippen molar-refractivity contribution in [3.05, 3.63) is 34.9 Å². The second kappa shape index (κ2) is 6.40. The van der Waals surface area contributed by atoms with Crippen LogP contribution in [-0.2, 0) is 4.79 Å². The van der Waals surface area contributed by atoms with E-state index < -0.39 is 0 Å². The first-order valence-corrected chi connectivity index (χ1v) is 7.27. The Morgan fingerprint density at radius 3 is 2.30 bits per heavy atom. The van der Waals surface area contributed by atoms with Gasteiger partial charge in [-0.05, 0) is 54.9 Å². The summed E-state index contributed by atoms with van der Waals surface area (Å²) in [4.78, 5) is 12.8. The minimum Gasteiger partial charge on any atom is -0.269 e. The van der Waals surface area contributed by atoms with Gasteiger partial charge in [-0.1, -0.05) is 29.4 Å². The maximum Gasteiger partial charge on any atom is 0.264 e. The predicted molar refractivity (Wildman–Crippen MR) is 85.1 cm³/mol. The van der Waals surface area contributed by atoms with Crippen LogP contribution in [0.3, 0.4) is 0 Å². The number of nitrogens with zero attached hydrogens (tertiary/aromatic N) is 1. The van der Waals surface area contributed by atoms with E-state index in [1.807, 2.05) is 47.6 Å². The minimum atomic E-state index is -0.259. The predicted octanol–water partition coefficient (Wildman–Crippen LogP) is 3.75. The summed E-state index contributed by atoms with van der Waals surface area (Å²) in [5.41, 5.74) is 6.17. The van der Waals surface area contributed by atoms with Gasteiger partial charge < -0.3 is 0 Å². The normalized spacial score (nSPS) is 16.3. The Hall–Kier alpha value is -1.35. The number of carbonyl (C=O) groups is 1. The lowest BCUT2D eigenvalue weighted by molar-refractivity contribution is -0.137. The smallest absolute Gasteiger partial charge is 0.264 e. The molecule has 0 heterocycles. The van der Waals surface area contributed by atoms with Gasteiger partial charge in [0.1, 0.15) is 0 Å². The van der Waals surface area contributed by atoms with Crippen molar-refractivity contribution < 1.29 is 4.79 Å². The molecular weight excluding hydrogens is 248 g/mol. The molecule has 0 aliphatic heterocycles. The summed E-state index contributed by atoms with van der Waals surface area (Å²) in [6, 6.07) is 0.221. The van der Waals surface area contributed by atoms with Gasteiger partial charge in [-0.3, -0.25) is 9.80 Å². The number of hydrazine groups is 1. The summed E-state index contributed by atoms with van der Waals surface area (Å²) in [6.07, 6.45) is 6.90. The second-order valence-corrected chi connectivity index (χ2v) is 6.81. The lowest BCUT2D eigenvalue weighted by Gasteiger charge is -2.37. The Kier molecular flexibility index (Phi) is 5.35. The van der Waals surface area contributed by atoms with E-state index in [9.17, 15) is 4.79 Å². The Morgan fingerprint density at radius 1 is 1.20 bits per heavy atom. The Labute approximate surface area is 123 Å². The number of allylic oxidation sites excluding steroid dienone is 5. The quantitative estimate of drug-likeness (QED) is 0.796. The van der Waals surface area contributed by atoms with Crippen LogP contribution >= 0.6 is 0 Å². The lowest BCUT2D eigenvalue weighted by Crippen LogP contribution is -2.56. The maximum absolute atomic E-state index is 12.8. The summed E-state index contributed by atoms with van der Waals surface area (Å²) in [7, 11) is 0. The van der Waals surface area contributed by atoms with Crippen molar-refractivity contribution in [1.82, 2.24) is 10.4 Å². The molecule has 112 valence electrons. The fourth-order valence-corrected chi connectivity index (χ4v) is 2.17. The average Bonchev–Trinajstić information content (AvgIpc) is 2.44. The topological polar surface area (TPSA) is 32.3 Å². The van der Waals surface area contributed by atoms with E-state index in [4.69, 9.17) is 0 Å². The first kappa shape index (κ1) is 16.7. The Balaban J connectivity index is 3.05. The van der Waals surface area contributed by atoms with Crippen molar-refractivity contribution in [2.24, 2.45) is 0 Å². The second-order valence-electron chi connectivity index (χ2n) is 6.81. The van der Waals surface area contributed by atoms with E-state index in [2.05, 4.69) is 24.5 Å². The van der Waals surface area contributed by atoms with Crippen LogP contribution in [0.25, 0.3) is 0 Å². The monoisotopic (exact) mass is 276 g/mol. The molecular formula is C17H28N2O.